The van der Waals surface area contributed by atoms with Crippen molar-refractivity contribution in [3.63, 3.8) is 0 Å². The molecule has 1 rings (SSSR count). The van der Waals surface area contributed by atoms with Gasteiger partial charge in [0.05, 0.1) is 0 Å². The first-order valence-corrected chi connectivity index (χ1v) is 11.9. The molecule has 0 bridgehead atoms. The number of rotatable bonds is 8. The Bertz CT molecular complexity index is 373. The van der Waals surface area contributed by atoms with Crippen molar-refractivity contribution in [3.05, 3.63) is 34.3 Å². The maximum Gasteiger partial charge on any atom is 0.0446 e. The Balaban J connectivity index is 2.65. The van der Waals surface area contributed by atoms with E-state index >= 15 is 0 Å². The van der Waals surface area contributed by atoms with Crippen LogP contribution in [0.25, 0.3) is 0 Å². The van der Waals surface area contributed by atoms with Gasteiger partial charge in [0.1, 0.15) is 0 Å². The van der Waals surface area contributed by atoms with Gasteiger partial charge in [-0.2, -0.15) is 0 Å². The standard InChI is InChI=1S/C16H28BrNSi/c1-5-10-18-12-14(13-19(2,3)4)11-15-8-6-7-9-16(15)17/h6-9,14,18H,5,10-13H2,1-4H3. The predicted octanol–water partition coefficient (Wildman–Crippen LogP) is 4.95. The summed E-state index contributed by atoms with van der Waals surface area (Å²) in [4.78, 5) is 0. The second kappa shape index (κ2) is 8.23. The van der Waals surface area contributed by atoms with E-state index in [1.807, 2.05) is 0 Å². The molecule has 1 aromatic rings. The molecule has 0 aliphatic rings. The highest BCUT2D eigenvalue weighted by Crippen LogP contribution is 2.24. The molecule has 108 valence electrons. The second-order valence-electron chi connectivity index (χ2n) is 6.63. The van der Waals surface area contributed by atoms with Crippen LogP contribution in [0, 0.1) is 5.92 Å². The summed E-state index contributed by atoms with van der Waals surface area (Å²) >= 11 is 3.68. The number of halogens is 1. The van der Waals surface area contributed by atoms with Crippen LogP contribution >= 0.6 is 15.9 Å². The summed E-state index contributed by atoms with van der Waals surface area (Å²) in [5, 5.41) is 3.60. The van der Waals surface area contributed by atoms with Crippen LogP contribution in [-0.4, -0.2) is 21.2 Å². The highest BCUT2D eigenvalue weighted by atomic mass is 79.9. The molecule has 0 amide bonds. The molecule has 1 N–H and O–H groups in total. The first-order valence-electron chi connectivity index (χ1n) is 7.36. The van der Waals surface area contributed by atoms with Crippen LogP contribution in [0.2, 0.25) is 25.7 Å². The molecule has 0 heterocycles. The van der Waals surface area contributed by atoms with E-state index in [-0.39, 0.29) is 0 Å². The zero-order chi connectivity index (χ0) is 14.3. The van der Waals surface area contributed by atoms with E-state index in [0.29, 0.717) is 0 Å². The summed E-state index contributed by atoms with van der Waals surface area (Å²) < 4.78 is 1.26. The monoisotopic (exact) mass is 341 g/mol. The van der Waals surface area contributed by atoms with Crippen molar-refractivity contribution in [2.45, 2.75) is 45.5 Å². The number of nitrogens with one attached hydrogen (secondary N) is 1. The van der Waals surface area contributed by atoms with Crippen molar-refractivity contribution in [1.82, 2.24) is 5.32 Å². The van der Waals surface area contributed by atoms with Crippen LogP contribution in [0.1, 0.15) is 18.9 Å². The molecular formula is C16H28BrNSi. The van der Waals surface area contributed by atoms with Gasteiger partial charge in [0.2, 0.25) is 0 Å². The van der Waals surface area contributed by atoms with E-state index in [2.05, 4.69) is 72.1 Å². The van der Waals surface area contributed by atoms with Gasteiger partial charge in [0.25, 0.3) is 0 Å². The molecule has 0 saturated heterocycles. The van der Waals surface area contributed by atoms with Crippen molar-refractivity contribution in [1.29, 1.82) is 0 Å². The van der Waals surface area contributed by atoms with E-state index in [1.165, 1.54) is 28.9 Å². The first kappa shape index (κ1) is 16.9. The summed E-state index contributed by atoms with van der Waals surface area (Å²) in [6, 6.07) is 10.0. The van der Waals surface area contributed by atoms with E-state index in [1.54, 1.807) is 0 Å². The topological polar surface area (TPSA) is 12.0 Å². The third-order valence-electron chi connectivity index (χ3n) is 3.23. The quantitative estimate of drug-likeness (QED) is 0.521. The Morgan fingerprint density at radius 2 is 1.89 bits per heavy atom. The fraction of sp³-hybridized carbons (Fsp3) is 0.625. The van der Waals surface area contributed by atoms with Gasteiger partial charge in [-0.05, 0) is 43.5 Å². The molecule has 3 heteroatoms. The van der Waals surface area contributed by atoms with Gasteiger partial charge in [0.15, 0.2) is 0 Å². The molecule has 1 nitrogen and oxygen atoms in total. The Morgan fingerprint density at radius 1 is 1.21 bits per heavy atom. The number of benzene rings is 1. The van der Waals surface area contributed by atoms with Crippen LogP contribution in [0.5, 0.6) is 0 Å². The average Bonchev–Trinajstić information content (AvgIpc) is 2.30. The molecule has 0 aromatic heterocycles. The maximum absolute atomic E-state index is 3.68. The van der Waals surface area contributed by atoms with Crippen LogP contribution < -0.4 is 5.32 Å². The van der Waals surface area contributed by atoms with Gasteiger partial charge in [-0.25, -0.2) is 0 Å². The van der Waals surface area contributed by atoms with Crippen molar-refractivity contribution in [3.8, 4) is 0 Å². The largest absolute Gasteiger partial charge is 0.316 e. The fourth-order valence-electron chi connectivity index (χ4n) is 2.54. The van der Waals surface area contributed by atoms with Crippen molar-refractivity contribution in [2.75, 3.05) is 13.1 Å². The molecule has 0 spiro atoms. The Labute approximate surface area is 128 Å². The Kier molecular flexibility index (Phi) is 7.33. The highest BCUT2D eigenvalue weighted by Gasteiger charge is 2.21. The molecule has 0 aliphatic carbocycles. The average molecular weight is 342 g/mol. The molecule has 0 saturated carbocycles. The van der Waals surface area contributed by atoms with Crippen LogP contribution in [0.3, 0.4) is 0 Å². The van der Waals surface area contributed by atoms with E-state index in [0.717, 1.165) is 19.0 Å². The zero-order valence-corrected chi connectivity index (χ0v) is 15.4. The van der Waals surface area contributed by atoms with Gasteiger partial charge in [-0.15, -0.1) is 0 Å². The molecule has 19 heavy (non-hydrogen) atoms. The smallest absolute Gasteiger partial charge is 0.0446 e. The van der Waals surface area contributed by atoms with E-state index < -0.39 is 8.07 Å². The minimum absolute atomic E-state index is 0.761. The van der Waals surface area contributed by atoms with Gasteiger partial charge in [-0.1, -0.05) is 66.7 Å². The van der Waals surface area contributed by atoms with Crippen LogP contribution in [-0.2, 0) is 6.42 Å². The maximum atomic E-state index is 3.68. The Morgan fingerprint density at radius 3 is 2.47 bits per heavy atom. The minimum Gasteiger partial charge on any atom is -0.316 e. The Hall–Kier alpha value is -0.123. The summed E-state index contributed by atoms with van der Waals surface area (Å²) in [6.45, 7) is 11.9. The lowest BCUT2D eigenvalue weighted by molar-refractivity contribution is 0.505. The lowest BCUT2D eigenvalue weighted by Gasteiger charge is -2.25. The van der Waals surface area contributed by atoms with Gasteiger partial charge in [-0.3, -0.25) is 0 Å². The van der Waals surface area contributed by atoms with Crippen molar-refractivity contribution < 1.29 is 0 Å². The summed E-state index contributed by atoms with van der Waals surface area (Å²) in [6.07, 6.45) is 2.40. The first-order chi connectivity index (χ1) is 8.92. The lowest BCUT2D eigenvalue weighted by atomic mass is 10.0. The number of hydrogen-bond donors (Lipinski definition) is 1. The molecule has 0 aliphatic heterocycles. The molecule has 0 radical (unpaired) electrons. The van der Waals surface area contributed by atoms with Crippen molar-refractivity contribution >= 4 is 24.0 Å². The SMILES string of the molecule is CCCNCC(Cc1ccccc1Br)C[Si](C)(C)C. The third-order valence-corrected chi connectivity index (χ3v) is 5.80. The second-order valence-corrected chi connectivity index (χ2v) is 13.0. The molecule has 1 unspecified atom stereocenters. The number of hydrogen-bond acceptors (Lipinski definition) is 1. The predicted molar refractivity (Wildman–Crippen MR) is 92.6 cm³/mol. The third kappa shape index (κ3) is 7.28. The van der Waals surface area contributed by atoms with E-state index in [4.69, 9.17) is 0 Å². The fourth-order valence-corrected chi connectivity index (χ4v) is 5.01. The zero-order valence-electron chi connectivity index (χ0n) is 12.8. The summed E-state index contributed by atoms with van der Waals surface area (Å²) in [5.74, 6) is 0.761. The van der Waals surface area contributed by atoms with Crippen molar-refractivity contribution in [2.24, 2.45) is 5.92 Å². The summed E-state index contributed by atoms with van der Waals surface area (Å²) in [7, 11) is -1.01. The molecule has 1 atom stereocenters. The minimum atomic E-state index is -1.01. The van der Waals surface area contributed by atoms with E-state index in [9.17, 15) is 0 Å². The van der Waals surface area contributed by atoms with Crippen LogP contribution in [0.15, 0.2) is 28.7 Å². The normalized spacial score (nSPS) is 13.5. The highest BCUT2D eigenvalue weighted by molar-refractivity contribution is 9.10. The van der Waals surface area contributed by atoms with Gasteiger partial charge >= 0.3 is 0 Å². The molecule has 1 aromatic carbocycles. The van der Waals surface area contributed by atoms with Crippen LogP contribution in [0.4, 0.5) is 0 Å². The molecule has 0 fully saturated rings. The molecular weight excluding hydrogens is 314 g/mol. The van der Waals surface area contributed by atoms with Gasteiger partial charge < -0.3 is 5.32 Å². The van der Waals surface area contributed by atoms with Gasteiger partial charge in [0, 0.05) is 12.5 Å². The summed E-state index contributed by atoms with van der Waals surface area (Å²) in [5.41, 5.74) is 1.45. The lowest BCUT2D eigenvalue weighted by Crippen LogP contribution is -2.32.